The van der Waals surface area contributed by atoms with Crippen molar-refractivity contribution in [3.8, 4) is 11.4 Å². The largest absolute Gasteiger partial charge is 0.453 e. The van der Waals surface area contributed by atoms with Gasteiger partial charge < -0.3 is 18.0 Å². The summed E-state index contributed by atoms with van der Waals surface area (Å²) in [5, 5.41) is 2.15. The Morgan fingerprint density at radius 3 is 1.28 bits per heavy atom. The van der Waals surface area contributed by atoms with Gasteiger partial charge in [-0.25, -0.2) is 0 Å². The molecule has 0 bridgehead atoms. The molecule has 8 heteroatoms. The van der Waals surface area contributed by atoms with Crippen molar-refractivity contribution in [1.29, 1.82) is 0 Å². The third-order valence-corrected chi connectivity index (χ3v) is 13.9. The fourth-order valence-electron chi connectivity index (χ4n) is 7.24. The van der Waals surface area contributed by atoms with Crippen LogP contribution in [0.5, 0.6) is 0 Å². The number of rotatable bonds is 2. The molecule has 8 heterocycles. The molecule has 0 atom stereocenters. The summed E-state index contributed by atoms with van der Waals surface area (Å²) in [7, 11) is 0. The molecule has 0 amide bonds. The van der Waals surface area contributed by atoms with E-state index >= 15 is 0 Å². The molecule has 0 fully saturated rings. The maximum Gasteiger partial charge on any atom is 0.171 e. The minimum absolute atomic E-state index is 0.882. The molecule has 0 aliphatic carbocycles. The lowest BCUT2D eigenvalue weighted by Crippen LogP contribution is -1.93. The van der Waals surface area contributed by atoms with Crippen molar-refractivity contribution in [3.63, 3.8) is 0 Å². The van der Waals surface area contributed by atoms with Crippen molar-refractivity contribution < 1.29 is 8.83 Å². The number of benzene rings is 3. The molecule has 0 radical (unpaired) electrons. The number of fused-ring (bicyclic) bond motifs is 14. The van der Waals surface area contributed by atoms with E-state index < -0.39 is 0 Å². The SMILES string of the molecule is Cc1ccc(-n2c3c4cc5oc6c7sc8cc(C)sc8c7n(-c7ccc(C)cc7)c6c5cc4oc3c3sc4cc(C)sc4c32)cc1. The lowest BCUT2D eigenvalue weighted by Gasteiger charge is -2.08. The van der Waals surface area contributed by atoms with Crippen molar-refractivity contribution in [3.05, 3.63) is 93.7 Å². The average molecular weight is 669 g/mol. The topological polar surface area (TPSA) is 36.1 Å². The molecule has 46 heavy (non-hydrogen) atoms. The van der Waals surface area contributed by atoms with Crippen molar-refractivity contribution in [2.24, 2.45) is 0 Å². The zero-order chi connectivity index (χ0) is 30.6. The molecule has 0 aliphatic rings. The van der Waals surface area contributed by atoms with E-state index in [0.717, 1.165) is 55.5 Å². The van der Waals surface area contributed by atoms with Crippen molar-refractivity contribution in [1.82, 2.24) is 9.13 Å². The van der Waals surface area contributed by atoms with Crippen LogP contribution in [-0.2, 0) is 0 Å². The molecule has 0 saturated carbocycles. The molecule has 222 valence electrons. The molecule has 0 saturated heterocycles. The zero-order valence-electron chi connectivity index (χ0n) is 25.3. The van der Waals surface area contributed by atoms with E-state index in [9.17, 15) is 0 Å². The van der Waals surface area contributed by atoms with Crippen LogP contribution >= 0.6 is 45.3 Å². The third-order valence-electron chi connectivity index (χ3n) is 9.26. The first kappa shape index (κ1) is 25.8. The normalized spacial score (nSPS) is 12.8. The molecule has 0 spiro atoms. The monoisotopic (exact) mass is 668 g/mol. The van der Waals surface area contributed by atoms with Gasteiger partial charge in [-0.05, 0) is 76.2 Å². The van der Waals surface area contributed by atoms with E-state index in [1.807, 2.05) is 45.3 Å². The molecule has 11 rings (SSSR count). The second-order valence-electron chi connectivity index (χ2n) is 12.4. The van der Waals surface area contributed by atoms with E-state index in [2.05, 4.69) is 110 Å². The molecular formula is C38H24N2O2S4. The minimum atomic E-state index is 0.882. The Kier molecular flexibility index (Phi) is 4.89. The third kappa shape index (κ3) is 3.22. The van der Waals surface area contributed by atoms with Crippen molar-refractivity contribution in [2.75, 3.05) is 0 Å². The van der Waals surface area contributed by atoms with Crippen molar-refractivity contribution >= 4 is 129 Å². The summed E-state index contributed by atoms with van der Waals surface area (Å²) in [5.41, 5.74) is 13.1. The van der Waals surface area contributed by atoms with Crippen LogP contribution in [0.4, 0.5) is 0 Å². The number of aromatic nitrogens is 2. The first-order chi connectivity index (χ1) is 22.4. The van der Waals surface area contributed by atoms with Gasteiger partial charge in [-0.2, -0.15) is 0 Å². The van der Waals surface area contributed by atoms with Gasteiger partial charge in [0.15, 0.2) is 11.2 Å². The van der Waals surface area contributed by atoms with Gasteiger partial charge >= 0.3 is 0 Å². The second kappa shape index (κ2) is 8.72. The molecule has 0 N–H and O–H groups in total. The number of nitrogens with zero attached hydrogens (tertiary/aromatic N) is 2. The summed E-state index contributed by atoms with van der Waals surface area (Å²) in [5.74, 6) is 0. The maximum atomic E-state index is 6.89. The summed E-state index contributed by atoms with van der Waals surface area (Å²) in [6, 6.07) is 26.7. The van der Waals surface area contributed by atoms with Gasteiger partial charge in [0.25, 0.3) is 0 Å². The summed E-state index contributed by atoms with van der Waals surface area (Å²) in [6.45, 7) is 8.66. The van der Waals surface area contributed by atoms with Crippen LogP contribution in [0.15, 0.2) is 81.6 Å². The first-order valence-electron chi connectivity index (χ1n) is 15.2. The number of hydrogen-bond donors (Lipinski definition) is 0. The van der Waals surface area contributed by atoms with Gasteiger partial charge in [-0.15, -0.1) is 45.3 Å². The summed E-state index contributed by atoms with van der Waals surface area (Å²) >= 11 is 7.40. The highest BCUT2D eigenvalue weighted by molar-refractivity contribution is 7.33. The van der Waals surface area contributed by atoms with Crippen LogP contribution < -0.4 is 0 Å². The Morgan fingerprint density at radius 1 is 0.457 bits per heavy atom. The van der Waals surface area contributed by atoms with E-state index in [-0.39, 0.29) is 0 Å². The minimum Gasteiger partial charge on any atom is -0.453 e. The molecule has 4 nitrogen and oxygen atoms in total. The Morgan fingerprint density at radius 2 is 0.870 bits per heavy atom. The molecule has 0 unspecified atom stereocenters. The number of thiophene rings is 4. The van der Waals surface area contributed by atoms with Crippen molar-refractivity contribution in [2.45, 2.75) is 27.7 Å². The van der Waals surface area contributed by atoms with E-state index in [0.29, 0.717) is 0 Å². The molecule has 8 aromatic heterocycles. The molecule has 11 aromatic rings. The lowest BCUT2D eigenvalue weighted by atomic mass is 10.1. The Bertz CT molecular complexity index is 2840. The Hall–Kier alpha value is -4.34. The Balaban J connectivity index is 1.29. The standard InChI is InChI=1S/C38H24N2O2S4/c1-17-5-9-21(10-6-17)39-29-23-15-26-24(16-25(23)41-33(29)37-31(39)35-27(45-37)13-19(3)43-35)30-34(42-26)38-32(36-28(46-38)14-20(4)44-36)40(30)22-11-7-18(2)8-12-22/h5-16H,1-4H3. The highest BCUT2D eigenvalue weighted by atomic mass is 32.1. The predicted molar refractivity (Wildman–Crippen MR) is 200 cm³/mol. The van der Waals surface area contributed by atoms with Gasteiger partial charge in [0.1, 0.15) is 22.2 Å². The van der Waals surface area contributed by atoms with Gasteiger partial charge in [-0.3, -0.25) is 0 Å². The highest BCUT2D eigenvalue weighted by Crippen LogP contribution is 2.51. The number of furan rings is 2. The zero-order valence-corrected chi connectivity index (χ0v) is 28.5. The van der Waals surface area contributed by atoms with Gasteiger partial charge in [0, 0.05) is 41.3 Å². The fraction of sp³-hybridized carbons (Fsp3) is 0.105. The highest BCUT2D eigenvalue weighted by Gasteiger charge is 2.28. The van der Waals surface area contributed by atoms with Gasteiger partial charge in [0.2, 0.25) is 0 Å². The summed E-state index contributed by atoms with van der Waals surface area (Å²) < 4.78 is 26.3. The quantitative estimate of drug-likeness (QED) is 0.184. The average Bonchev–Trinajstić information content (AvgIpc) is 3.88. The van der Waals surface area contributed by atoms with E-state index in [1.54, 1.807) is 0 Å². The van der Waals surface area contributed by atoms with Gasteiger partial charge in [-0.1, -0.05) is 35.4 Å². The summed E-state index contributed by atoms with van der Waals surface area (Å²) in [4.78, 5) is 2.66. The Labute approximate surface area is 277 Å². The number of aryl methyl sites for hydroxylation is 4. The molecule has 0 aliphatic heterocycles. The van der Waals surface area contributed by atoms with E-state index in [4.69, 9.17) is 8.83 Å². The maximum absolute atomic E-state index is 6.89. The summed E-state index contributed by atoms with van der Waals surface area (Å²) in [6.07, 6.45) is 0. The van der Waals surface area contributed by atoms with Crippen LogP contribution in [0, 0.1) is 27.7 Å². The van der Waals surface area contributed by atoms with Crippen LogP contribution in [-0.4, -0.2) is 9.13 Å². The molecule has 3 aromatic carbocycles. The van der Waals surface area contributed by atoms with Crippen LogP contribution in [0.3, 0.4) is 0 Å². The van der Waals surface area contributed by atoms with Crippen LogP contribution in [0.2, 0.25) is 0 Å². The fourth-order valence-corrected chi connectivity index (χ4v) is 12.2. The number of hydrogen-bond acceptors (Lipinski definition) is 6. The van der Waals surface area contributed by atoms with Crippen LogP contribution in [0.25, 0.3) is 94.7 Å². The second-order valence-corrected chi connectivity index (χ2v) is 17.0. The lowest BCUT2D eigenvalue weighted by molar-refractivity contribution is 0.668. The van der Waals surface area contributed by atoms with Crippen LogP contribution in [0.1, 0.15) is 20.9 Å². The first-order valence-corrected chi connectivity index (χ1v) is 18.5. The predicted octanol–water partition coefficient (Wildman–Crippen LogP) is 13.2. The molecular weight excluding hydrogens is 645 g/mol. The smallest absolute Gasteiger partial charge is 0.171 e. The van der Waals surface area contributed by atoms with E-state index in [1.165, 1.54) is 60.1 Å². The van der Waals surface area contributed by atoms with Gasteiger partial charge in [0.05, 0.1) is 29.8 Å².